The van der Waals surface area contributed by atoms with Crippen LogP contribution in [-0.2, 0) is 25.0 Å². The molecule has 1 unspecified atom stereocenters. The molecule has 16 heteroatoms. The topological polar surface area (TPSA) is 139 Å². The van der Waals surface area contributed by atoms with Crippen molar-refractivity contribution in [2.75, 3.05) is 25.0 Å². The van der Waals surface area contributed by atoms with Gasteiger partial charge in [0.15, 0.2) is 5.82 Å². The minimum absolute atomic E-state index is 0.0114. The molecular formula is C33H38ClF4N5O6. The van der Waals surface area contributed by atoms with Crippen LogP contribution in [0.1, 0.15) is 58.7 Å². The molecule has 266 valence electrons. The van der Waals surface area contributed by atoms with Gasteiger partial charge < -0.3 is 24.9 Å². The maximum atomic E-state index is 15.6. The van der Waals surface area contributed by atoms with Gasteiger partial charge in [0.2, 0.25) is 5.96 Å². The number of rotatable bonds is 11. The van der Waals surface area contributed by atoms with Crippen LogP contribution in [-0.4, -0.2) is 55.3 Å². The number of guanidine groups is 1. The molecular weight excluding hydrogens is 674 g/mol. The summed E-state index contributed by atoms with van der Waals surface area (Å²) in [6.07, 6.45) is -1.64. The Morgan fingerprint density at radius 2 is 1.59 bits per heavy atom. The van der Waals surface area contributed by atoms with Crippen molar-refractivity contribution in [2.45, 2.75) is 64.7 Å². The summed E-state index contributed by atoms with van der Waals surface area (Å²) < 4.78 is 70.7. The van der Waals surface area contributed by atoms with Gasteiger partial charge in [0.05, 0.1) is 24.9 Å². The van der Waals surface area contributed by atoms with Crippen LogP contribution in [0.15, 0.2) is 53.5 Å². The molecule has 1 atom stereocenters. The Morgan fingerprint density at radius 1 is 0.939 bits per heavy atom. The summed E-state index contributed by atoms with van der Waals surface area (Å²) in [6, 6.07) is 8.76. The number of nitrogens with one attached hydrogen (secondary N) is 4. The number of hydrogen-bond donors (Lipinski definition) is 4. The SMILES string of the molecule is CC(C)(C)OC(=O)N=C(NOCCNC(C=O)c1c(Cl)ccc(NCC(F)(F)c2ccc(F)c3ccccc23)c1F)NC(=O)OC(C)(C)C. The molecule has 3 aromatic carbocycles. The second-order valence-corrected chi connectivity index (χ2v) is 13.0. The normalized spacial score (nSPS) is 13.1. The number of ether oxygens (including phenoxy) is 2. The molecule has 0 radical (unpaired) electrons. The molecule has 0 bridgehead atoms. The van der Waals surface area contributed by atoms with Crippen molar-refractivity contribution in [2.24, 2.45) is 4.99 Å². The first-order valence-electron chi connectivity index (χ1n) is 15.0. The molecule has 0 aliphatic rings. The Balaban J connectivity index is 1.67. The first kappa shape index (κ1) is 39.0. The van der Waals surface area contributed by atoms with Crippen LogP contribution in [0.2, 0.25) is 5.02 Å². The zero-order chi connectivity index (χ0) is 36.6. The lowest BCUT2D eigenvalue weighted by atomic mass is 9.99. The van der Waals surface area contributed by atoms with E-state index in [-0.39, 0.29) is 40.2 Å². The lowest BCUT2D eigenvalue weighted by Crippen LogP contribution is -2.44. The number of aliphatic imine (C=N–C) groups is 1. The molecule has 2 amide bonds. The van der Waals surface area contributed by atoms with E-state index >= 15 is 13.2 Å². The molecule has 11 nitrogen and oxygen atoms in total. The summed E-state index contributed by atoms with van der Waals surface area (Å²) in [5.41, 5.74) is -0.583. The number of anilines is 1. The highest BCUT2D eigenvalue weighted by Crippen LogP contribution is 2.36. The monoisotopic (exact) mass is 711 g/mol. The number of amides is 2. The third-order valence-corrected chi connectivity index (χ3v) is 6.62. The van der Waals surface area contributed by atoms with E-state index < -0.39 is 65.1 Å². The van der Waals surface area contributed by atoms with Gasteiger partial charge in [-0.25, -0.2) is 23.9 Å². The zero-order valence-electron chi connectivity index (χ0n) is 27.7. The van der Waals surface area contributed by atoms with Gasteiger partial charge in [0.1, 0.15) is 23.3 Å². The Labute approximate surface area is 285 Å². The number of fused-ring (bicyclic) bond motifs is 1. The van der Waals surface area contributed by atoms with Crippen LogP contribution in [0.5, 0.6) is 0 Å². The van der Waals surface area contributed by atoms with Crippen LogP contribution in [0.3, 0.4) is 0 Å². The molecule has 49 heavy (non-hydrogen) atoms. The summed E-state index contributed by atoms with van der Waals surface area (Å²) in [5, 5.41) is 7.19. The number of nitrogens with zero attached hydrogens (tertiary/aromatic N) is 1. The average molecular weight is 712 g/mol. The van der Waals surface area contributed by atoms with Crippen LogP contribution >= 0.6 is 11.6 Å². The summed E-state index contributed by atoms with van der Waals surface area (Å²) in [7, 11) is 0. The summed E-state index contributed by atoms with van der Waals surface area (Å²) in [6.45, 7) is 8.33. The fraction of sp³-hybridized carbons (Fsp3) is 0.394. The summed E-state index contributed by atoms with van der Waals surface area (Å²) in [5.74, 6) is -5.72. The molecule has 0 saturated carbocycles. The number of halogens is 5. The quantitative estimate of drug-likeness (QED) is 0.0408. The molecule has 0 spiro atoms. The van der Waals surface area contributed by atoms with Gasteiger partial charge in [0.25, 0.3) is 5.92 Å². The van der Waals surface area contributed by atoms with Crippen molar-refractivity contribution < 1.29 is 46.3 Å². The molecule has 0 aliphatic heterocycles. The molecule has 4 N–H and O–H groups in total. The van der Waals surface area contributed by atoms with Crippen molar-refractivity contribution in [1.29, 1.82) is 0 Å². The highest BCUT2D eigenvalue weighted by Gasteiger charge is 2.34. The second kappa shape index (κ2) is 16.3. The van der Waals surface area contributed by atoms with E-state index in [1.807, 2.05) is 0 Å². The molecule has 0 saturated heterocycles. The Kier molecular flexibility index (Phi) is 13.0. The minimum atomic E-state index is -3.55. The predicted molar refractivity (Wildman–Crippen MR) is 177 cm³/mol. The lowest BCUT2D eigenvalue weighted by molar-refractivity contribution is -0.109. The van der Waals surface area contributed by atoms with Crippen molar-refractivity contribution in [3.63, 3.8) is 0 Å². The van der Waals surface area contributed by atoms with Crippen LogP contribution in [0, 0.1) is 11.6 Å². The number of aldehydes is 1. The highest BCUT2D eigenvalue weighted by atomic mass is 35.5. The van der Waals surface area contributed by atoms with Crippen molar-refractivity contribution >= 4 is 52.5 Å². The number of hydrogen-bond acceptors (Lipinski definition) is 8. The molecule has 0 aliphatic carbocycles. The maximum absolute atomic E-state index is 15.6. The van der Waals surface area contributed by atoms with E-state index in [0.29, 0.717) is 6.29 Å². The number of alkyl carbamates (subject to hydrolysis) is 1. The zero-order valence-corrected chi connectivity index (χ0v) is 28.4. The van der Waals surface area contributed by atoms with Crippen molar-refractivity contribution in [3.05, 3.63) is 76.3 Å². The van der Waals surface area contributed by atoms with E-state index in [9.17, 15) is 18.8 Å². The average Bonchev–Trinajstić information content (AvgIpc) is 2.97. The number of carbonyl (C=O) groups is 3. The predicted octanol–water partition coefficient (Wildman–Crippen LogP) is 7.14. The van der Waals surface area contributed by atoms with E-state index in [4.69, 9.17) is 25.9 Å². The smallest absolute Gasteiger partial charge is 0.437 e. The minimum Gasteiger partial charge on any atom is -0.444 e. The standard InChI is InChI=1S/C33H38ClF4N5O6/c1-31(2,3)48-29(45)41-28(42-30(46)49-32(4,5)6)43-47-16-15-39-25(17-44)26-22(34)12-14-24(27(26)36)40-18-33(37,38)21-11-13-23(35)20-10-8-7-9-19(20)21/h7-14,17,25,39-40H,15-16,18H2,1-6H3,(H2,41,42,43,45,46). The number of benzene rings is 3. The number of alkyl halides is 2. The van der Waals surface area contributed by atoms with Crippen LogP contribution in [0.4, 0.5) is 32.8 Å². The molecule has 3 rings (SSSR count). The van der Waals surface area contributed by atoms with Gasteiger partial charge in [-0.1, -0.05) is 35.9 Å². The van der Waals surface area contributed by atoms with Gasteiger partial charge in [-0.3, -0.25) is 10.2 Å². The Bertz CT molecular complexity index is 1690. The fourth-order valence-corrected chi connectivity index (χ4v) is 4.59. The lowest BCUT2D eigenvalue weighted by Gasteiger charge is -2.22. The number of hydroxylamine groups is 1. The molecule has 0 fully saturated rings. The van der Waals surface area contributed by atoms with Crippen LogP contribution in [0.25, 0.3) is 10.8 Å². The largest absolute Gasteiger partial charge is 0.444 e. The maximum Gasteiger partial charge on any atom is 0.437 e. The van der Waals surface area contributed by atoms with Gasteiger partial charge in [-0.05, 0) is 71.2 Å². The summed E-state index contributed by atoms with van der Waals surface area (Å²) >= 11 is 6.21. The van der Waals surface area contributed by atoms with Crippen molar-refractivity contribution in [1.82, 2.24) is 16.1 Å². The first-order valence-corrected chi connectivity index (χ1v) is 15.3. The Morgan fingerprint density at radius 3 is 2.22 bits per heavy atom. The Hall–Kier alpha value is -4.47. The van der Waals surface area contributed by atoms with Gasteiger partial charge >= 0.3 is 12.2 Å². The van der Waals surface area contributed by atoms with E-state index in [1.54, 1.807) is 41.5 Å². The third-order valence-electron chi connectivity index (χ3n) is 6.29. The van der Waals surface area contributed by atoms with E-state index in [0.717, 1.165) is 18.2 Å². The number of carbonyl (C=O) groups excluding carboxylic acids is 3. The molecule has 3 aromatic rings. The van der Waals surface area contributed by atoms with E-state index in [1.165, 1.54) is 30.3 Å². The third kappa shape index (κ3) is 11.6. The van der Waals surface area contributed by atoms with Gasteiger partial charge in [0, 0.05) is 28.1 Å². The van der Waals surface area contributed by atoms with Crippen LogP contribution < -0.4 is 21.4 Å². The molecule has 0 heterocycles. The van der Waals surface area contributed by atoms with E-state index in [2.05, 4.69) is 26.4 Å². The van der Waals surface area contributed by atoms with Gasteiger partial charge in [-0.2, -0.15) is 8.78 Å². The molecule has 0 aromatic heterocycles. The summed E-state index contributed by atoms with van der Waals surface area (Å²) in [4.78, 5) is 45.2. The fourth-order valence-electron chi connectivity index (χ4n) is 4.33. The first-order chi connectivity index (χ1) is 22.8. The highest BCUT2D eigenvalue weighted by molar-refractivity contribution is 6.31. The second-order valence-electron chi connectivity index (χ2n) is 12.6. The van der Waals surface area contributed by atoms with Crippen molar-refractivity contribution in [3.8, 4) is 0 Å². The van der Waals surface area contributed by atoms with Gasteiger partial charge in [-0.15, -0.1) is 4.99 Å².